The molecule has 0 saturated heterocycles. The minimum absolute atomic E-state index is 0.0463. The number of amides is 1. The van der Waals surface area contributed by atoms with Gasteiger partial charge < -0.3 is 4.90 Å². The van der Waals surface area contributed by atoms with Gasteiger partial charge in [-0.15, -0.1) is 0 Å². The summed E-state index contributed by atoms with van der Waals surface area (Å²) in [6.07, 6.45) is 4.15. The van der Waals surface area contributed by atoms with Crippen LogP contribution in [0, 0.1) is 16.2 Å². The van der Waals surface area contributed by atoms with E-state index in [0.717, 1.165) is 37.9 Å². The smallest absolute Gasteiger partial charge is 0.234 e. The van der Waals surface area contributed by atoms with Crippen LogP contribution in [-0.2, 0) is 11.2 Å². The van der Waals surface area contributed by atoms with E-state index in [1.165, 1.54) is 5.56 Å². The van der Waals surface area contributed by atoms with E-state index in [2.05, 4.69) is 84.7 Å². The summed E-state index contributed by atoms with van der Waals surface area (Å²) in [5.74, 6) is 0.315. The predicted molar refractivity (Wildman–Crippen MR) is 109 cm³/mol. The second kappa shape index (κ2) is 5.56. The molecule has 1 aliphatic heterocycles. The van der Waals surface area contributed by atoms with Gasteiger partial charge in [0.05, 0.1) is 9.15 Å². The molecule has 3 aliphatic carbocycles. The summed E-state index contributed by atoms with van der Waals surface area (Å²) >= 11 is 11.5. The Kier molecular flexibility index (Phi) is 4.06. The molecule has 24 heavy (non-hydrogen) atoms. The second-order valence-corrected chi connectivity index (χ2v) is 12.0. The number of alkyl halides is 3. The Labute approximate surface area is 169 Å². The minimum atomic E-state index is -0.308. The summed E-state index contributed by atoms with van der Waals surface area (Å²) in [4.78, 5) is 16.1. The number of fused-ring (bicyclic) bond motifs is 2. The van der Waals surface area contributed by atoms with Crippen LogP contribution in [0.25, 0.3) is 0 Å². The van der Waals surface area contributed by atoms with Crippen LogP contribution < -0.4 is 4.90 Å². The molecule has 3 atom stereocenters. The van der Waals surface area contributed by atoms with E-state index < -0.39 is 0 Å². The van der Waals surface area contributed by atoms with E-state index in [9.17, 15) is 4.79 Å². The molecule has 0 spiro atoms. The van der Waals surface area contributed by atoms with E-state index in [1.54, 1.807) is 0 Å². The fourth-order valence-electron chi connectivity index (χ4n) is 5.65. The summed E-state index contributed by atoms with van der Waals surface area (Å²) in [7, 11) is 0. The highest BCUT2D eigenvalue weighted by molar-refractivity contribution is 9.24. The van der Waals surface area contributed by atoms with E-state index in [4.69, 9.17) is 0 Å². The van der Waals surface area contributed by atoms with Gasteiger partial charge in [0.1, 0.15) is 0 Å². The Morgan fingerprint density at radius 1 is 1.25 bits per heavy atom. The number of halogens is 3. The van der Waals surface area contributed by atoms with Gasteiger partial charge in [-0.1, -0.05) is 79.8 Å². The van der Waals surface area contributed by atoms with Crippen molar-refractivity contribution in [3.05, 3.63) is 29.8 Å². The Balaban J connectivity index is 1.75. The number of hydrogen-bond acceptors (Lipinski definition) is 1. The topological polar surface area (TPSA) is 20.3 Å². The molecule has 2 bridgehead atoms. The number of hydrogen-bond donors (Lipinski definition) is 0. The first-order chi connectivity index (χ1) is 11.3. The molecule has 5 rings (SSSR count). The lowest BCUT2D eigenvalue weighted by Crippen LogP contribution is -2.72. The van der Waals surface area contributed by atoms with Crippen molar-refractivity contribution in [2.45, 2.75) is 48.1 Å². The lowest BCUT2D eigenvalue weighted by Gasteiger charge is -2.66. The van der Waals surface area contributed by atoms with Crippen LogP contribution in [0.2, 0.25) is 0 Å². The first kappa shape index (κ1) is 17.5. The van der Waals surface area contributed by atoms with Crippen molar-refractivity contribution < 1.29 is 4.79 Å². The third-order valence-corrected chi connectivity index (χ3v) is 10.5. The Morgan fingerprint density at radius 2 is 1.96 bits per heavy atom. The number of aryl methyl sites for hydroxylation is 1. The molecule has 3 fully saturated rings. The first-order valence-electron chi connectivity index (χ1n) is 8.63. The molecule has 1 heterocycles. The molecule has 0 unspecified atom stereocenters. The maximum Gasteiger partial charge on any atom is 0.234 e. The van der Waals surface area contributed by atoms with Gasteiger partial charge in [-0.3, -0.25) is 4.79 Å². The molecule has 130 valence electrons. The molecule has 3 saturated carbocycles. The van der Waals surface area contributed by atoms with Crippen LogP contribution in [0.3, 0.4) is 0 Å². The van der Waals surface area contributed by atoms with Gasteiger partial charge in [0.15, 0.2) is 0 Å². The summed E-state index contributed by atoms with van der Waals surface area (Å²) < 4.78 is 0.217. The zero-order valence-electron chi connectivity index (χ0n) is 14.0. The Hall–Kier alpha value is 0.130. The summed E-state index contributed by atoms with van der Waals surface area (Å²) in [5.41, 5.74) is 2.15. The van der Waals surface area contributed by atoms with Crippen molar-refractivity contribution >= 4 is 59.4 Å². The van der Waals surface area contributed by atoms with Crippen molar-refractivity contribution in [3.8, 4) is 0 Å². The second-order valence-electron chi connectivity index (χ2n) is 7.99. The van der Waals surface area contributed by atoms with Crippen molar-refractivity contribution in [1.82, 2.24) is 0 Å². The van der Waals surface area contributed by atoms with E-state index in [-0.39, 0.29) is 24.8 Å². The molecule has 4 aliphatic rings. The molecule has 1 aromatic rings. The quantitative estimate of drug-likeness (QED) is 0.462. The standard InChI is InChI=1S/C19H22Br3NO/c1-17(2)18(15(21)22)9-10-19(17,14(18)20)16(24)23-11-5-7-12-6-3-4-8-13(12)23/h3-4,6,8,14-15H,5,7,9-11H2,1-2H3/t14-,18-,19+/m1/s1. The first-order valence-corrected chi connectivity index (χ1v) is 11.4. The summed E-state index contributed by atoms with van der Waals surface area (Å²) in [6.45, 7) is 5.40. The van der Waals surface area contributed by atoms with Gasteiger partial charge in [0, 0.05) is 22.5 Å². The van der Waals surface area contributed by atoms with Crippen LogP contribution >= 0.6 is 47.8 Å². The van der Waals surface area contributed by atoms with Crippen molar-refractivity contribution in [1.29, 1.82) is 0 Å². The number of anilines is 1. The third kappa shape index (κ3) is 1.80. The number of rotatable bonds is 2. The Morgan fingerprint density at radius 3 is 2.58 bits per heavy atom. The van der Waals surface area contributed by atoms with Gasteiger partial charge in [0.25, 0.3) is 0 Å². The molecule has 0 N–H and O–H groups in total. The Bertz CT molecular complexity index is 704. The maximum absolute atomic E-state index is 13.8. The van der Waals surface area contributed by atoms with Crippen LogP contribution in [0.1, 0.15) is 38.7 Å². The molecule has 1 amide bonds. The van der Waals surface area contributed by atoms with Crippen LogP contribution in [0.4, 0.5) is 5.69 Å². The molecule has 2 nitrogen and oxygen atoms in total. The largest absolute Gasteiger partial charge is 0.312 e. The number of para-hydroxylation sites is 1. The average molecular weight is 520 g/mol. The van der Waals surface area contributed by atoms with E-state index >= 15 is 0 Å². The number of benzene rings is 1. The third-order valence-electron chi connectivity index (χ3n) is 7.22. The van der Waals surface area contributed by atoms with E-state index in [1.807, 2.05) is 6.07 Å². The zero-order chi connectivity index (χ0) is 17.3. The van der Waals surface area contributed by atoms with Crippen LogP contribution in [0.5, 0.6) is 0 Å². The predicted octanol–water partition coefficient (Wildman–Crippen LogP) is 5.65. The SMILES string of the molecule is CC1(C)[C@]2(C(Br)Br)CC[C@@]1(C(=O)N1CCCc3ccccc31)[C@@H]2Br. The van der Waals surface area contributed by atoms with Crippen molar-refractivity contribution in [2.75, 3.05) is 11.4 Å². The zero-order valence-corrected chi connectivity index (χ0v) is 18.7. The van der Waals surface area contributed by atoms with Crippen molar-refractivity contribution in [3.63, 3.8) is 0 Å². The fraction of sp³-hybridized carbons (Fsp3) is 0.632. The van der Waals surface area contributed by atoms with Gasteiger partial charge in [-0.05, 0) is 42.7 Å². The number of carbonyl (C=O) groups is 1. The highest BCUT2D eigenvalue weighted by atomic mass is 79.9. The van der Waals surface area contributed by atoms with Crippen LogP contribution in [-0.4, -0.2) is 21.0 Å². The average Bonchev–Trinajstić information content (AvgIpc) is 3.03. The maximum atomic E-state index is 13.8. The molecular formula is C19H22Br3NO. The van der Waals surface area contributed by atoms with Gasteiger partial charge in [-0.2, -0.15) is 0 Å². The highest BCUT2D eigenvalue weighted by Gasteiger charge is 2.83. The molecule has 1 aromatic carbocycles. The normalized spacial score (nSPS) is 36.4. The molecular weight excluding hydrogens is 498 g/mol. The summed E-state index contributed by atoms with van der Waals surface area (Å²) in [5, 5.41) is 0. The summed E-state index contributed by atoms with van der Waals surface area (Å²) in [6, 6.07) is 8.39. The monoisotopic (exact) mass is 517 g/mol. The lowest BCUT2D eigenvalue weighted by atomic mass is 9.43. The van der Waals surface area contributed by atoms with Crippen LogP contribution in [0.15, 0.2) is 24.3 Å². The lowest BCUT2D eigenvalue weighted by molar-refractivity contribution is -0.158. The number of nitrogens with zero attached hydrogens (tertiary/aromatic N) is 1. The molecule has 0 radical (unpaired) electrons. The minimum Gasteiger partial charge on any atom is -0.312 e. The van der Waals surface area contributed by atoms with Gasteiger partial charge >= 0.3 is 0 Å². The van der Waals surface area contributed by atoms with Gasteiger partial charge in [-0.25, -0.2) is 0 Å². The van der Waals surface area contributed by atoms with Gasteiger partial charge in [0.2, 0.25) is 5.91 Å². The van der Waals surface area contributed by atoms with Crippen molar-refractivity contribution in [2.24, 2.45) is 16.2 Å². The fourth-order valence-corrected chi connectivity index (χ4v) is 10.6. The molecule has 0 aromatic heterocycles. The highest BCUT2D eigenvalue weighted by Crippen LogP contribution is 2.82. The number of carbonyl (C=O) groups excluding carboxylic acids is 1. The molecule has 5 heteroatoms. The van der Waals surface area contributed by atoms with E-state index in [0.29, 0.717) is 5.91 Å².